The van der Waals surface area contributed by atoms with Crippen LogP contribution in [0.2, 0.25) is 10.0 Å². The number of carbonyl (C=O) groups is 1. The molecule has 8 nitrogen and oxygen atoms in total. The molecule has 2 aromatic rings. The number of amides is 1. The maximum Gasteiger partial charge on any atom is 0.271 e. The molecule has 0 aromatic heterocycles. The number of nitro benzene ring substituents is 1. The normalized spacial score (nSPS) is 11.5. The van der Waals surface area contributed by atoms with Crippen LogP contribution in [0.15, 0.2) is 35.2 Å². The van der Waals surface area contributed by atoms with Gasteiger partial charge >= 0.3 is 0 Å². The minimum Gasteiger partial charge on any atom is -0.322 e. The molecule has 0 aliphatic heterocycles. The van der Waals surface area contributed by atoms with Crippen molar-refractivity contribution >= 4 is 50.5 Å². The molecule has 11 heteroatoms. The van der Waals surface area contributed by atoms with Crippen LogP contribution in [-0.2, 0) is 14.8 Å². The van der Waals surface area contributed by atoms with Gasteiger partial charge in [-0.05, 0) is 37.1 Å². The van der Waals surface area contributed by atoms with E-state index >= 15 is 0 Å². The Bertz CT molecular complexity index is 1040. The van der Waals surface area contributed by atoms with Crippen LogP contribution in [0.1, 0.15) is 11.1 Å². The Kier molecular flexibility index (Phi) is 6.66. The minimum absolute atomic E-state index is 0.170. The van der Waals surface area contributed by atoms with Crippen LogP contribution in [0.5, 0.6) is 0 Å². The van der Waals surface area contributed by atoms with E-state index in [1.807, 2.05) is 0 Å². The lowest BCUT2D eigenvalue weighted by Gasteiger charge is -2.19. The van der Waals surface area contributed by atoms with Crippen LogP contribution in [0.3, 0.4) is 0 Å². The molecule has 0 unspecified atom stereocenters. The third-order valence-corrected chi connectivity index (χ3v) is 6.66. The summed E-state index contributed by atoms with van der Waals surface area (Å²) in [5.74, 6) is -0.666. The van der Waals surface area contributed by atoms with Crippen LogP contribution in [0, 0.1) is 24.0 Å². The second-order valence-corrected chi connectivity index (χ2v) is 8.88. The highest BCUT2D eigenvalue weighted by Gasteiger charge is 2.28. The van der Waals surface area contributed by atoms with E-state index in [2.05, 4.69) is 5.32 Å². The largest absolute Gasteiger partial charge is 0.322 e. The van der Waals surface area contributed by atoms with E-state index in [0.717, 1.165) is 10.4 Å². The van der Waals surface area contributed by atoms with Gasteiger partial charge in [0.2, 0.25) is 15.9 Å². The van der Waals surface area contributed by atoms with E-state index in [1.54, 1.807) is 19.9 Å². The molecule has 0 atom stereocenters. The highest BCUT2D eigenvalue weighted by Crippen LogP contribution is 2.30. The summed E-state index contributed by atoms with van der Waals surface area (Å²) in [6, 6.07) is 6.93. The summed E-state index contributed by atoms with van der Waals surface area (Å²) in [5, 5.41) is 13.9. The third-order valence-electron chi connectivity index (χ3n) is 4.10. The monoisotopic (exact) mass is 445 g/mol. The van der Waals surface area contributed by atoms with Crippen LogP contribution < -0.4 is 5.32 Å². The first-order valence-electron chi connectivity index (χ1n) is 7.91. The molecule has 1 amide bonds. The zero-order valence-corrected chi connectivity index (χ0v) is 17.5. The van der Waals surface area contributed by atoms with Crippen LogP contribution in [0.4, 0.5) is 11.4 Å². The van der Waals surface area contributed by atoms with Gasteiger partial charge in [-0.1, -0.05) is 29.3 Å². The summed E-state index contributed by atoms with van der Waals surface area (Å²) in [4.78, 5) is 22.5. The number of hydrogen-bond donors (Lipinski definition) is 1. The van der Waals surface area contributed by atoms with Gasteiger partial charge in [-0.2, -0.15) is 4.31 Å². The van der Waals surface area contributed by atoms with Gasteiger partial charge in [0.15, 0.2) is 0 Å². The topological polar surface area (TPSA) is 110 Å². The van der Waals surface area contributed by atoms with Crippen LogP contribution >= 0.6 is 23.2 Å². The summed E-state index contributed by atoms with van der Waals surface area (Å²) < 4.78 is 26.6. The molecule has 0 bridgehead atoms. The lowest BCUT2D eigenvalue weighted by Crippen LogP contribution is -2.35. The number of nitrogens with zero attached hydrogens (tertiary/aromatic N) is 2. The van der Waals surface area contributed by atoms with Gasteiger partial charge in [0.1, 0.15) is 0 Å². The van der Waals surface area contributed by atoms with Crippen molar-refractivity contribution in [3.63, 3.8) is 0 Å². The average Bonchev–Trinajstić information content (AvgIpc) is 2.60. The van der Waals surface area contributed by atoms with E-state index in [9.17, 15) is 23.3 Å². The predicted molar refractivity (Wildman–Crippen MR) is 107 cm³/mol. The Morgan fingerprint density at radius 2 is 1.79 bits per heavy atom. The van der Waals surface area contributed by atoms with Gasteiger partial charge in [0.05, 0.1) is 32.1 Å². The standard InChI is InChI=1S/C17H17Cl2N3O5S/c1-10-7-12(22(24)25)8-15(11(10)2)28(26,27)21(3)9-16(23)20-17-13(18)5-4-6-14(17)19/h4-8H,9H2,1-3H3,(H,20,23). The molecule has 2 rings (SSSR count). The van der Waals surface area contributed by atoms with Crippen molar-refractivity contribution in [3.05, 3.63) is 61.6 Å². The number of hydrogen-bond acceptors (Lipinski definition) is 5. The third kappa shape index (κ3) is 4.61. The fourth-order valence-electron chi connectivity index (χ4n) is 2.43. The van der Waals surface area contributed by atoms with Crippen molar-refractivity contribution in [1.82, 2.24) is 4.31 Å². The number of benzene rings is 2. The fraction of sp³-hybridized carbons (Fsp3) is 0.235. The van der Waals surface area contributed by atoms with Crippen molar-refractivity contribution in [2.45, 2.75) is 18.7 Å². The summed E-state index contributed by atoms with van der Waals surface area (Å²) in [7, 11) is -2.95. The molecule has 0 heterocycles. The zero-order valence-electron chi connectivity index (χ0n) is 15.2. The summed E-state index contributed by atoms with van der Waals surface area (Å²) in [5.41, 5.74) is 0.645. The number of aryl methyl sites for hydroxylation is 1. The van der Waals surface area contributed by atoms with Crippen molar-refractivity contribution in [2.75, 3.05) is 18.9 Å². The number of para-hydroxylation sites is 1. The molecule has 0 spiro atoms. The van der Waals surface area contributed by atoms with Crippen LogP contribution in [0.25, 0.3) is 0 Å². The number of nitrogens with one attached hydrogen (secondary N) is 1. The number of halogens is 2. The number of rotatable bonds is 6. The number of nitro groups is 1. The lowest BCUT2D eigenvalue weighted by atomic mass is 10.1. The van der Waals surface area contributed by atoms with Gasteiger partial charge in [-0.3, -0.25) is 14.9 Å². The van der Waals surface area contributed by atoms with Gasteiger partial charge in [-0.15, -0.1) is 0 Å². The Morgan fingerprint density at radius 3 is 2.32 bits per heavy atom. The maximum absolute atomic E-state index is 12.9. The van der Waals surface area contributed by atoms with E-state index in [-0.39, 0.29) is 26.3 Å². The average molecular weight is 446 g/mol. The number of carbonyl (C=O) groups excluding carboxylic acids is 1. The second-order valence-electron chi connectivity index (χ2n) is 6.05. The zero-order chi connectivity index (χ0) is 21.2. The van der Waals surface area contributed by atoms with Gasteiger partial charge in [-0.25, -0.2) is 8.42 Å². The quantitative estimate of drug-likeness (QED) is 0.537. The maximum atomic E-state index is 12.9. The number of anilines is 1. The summed E-state index contributed by atoms with van der Waals surface area (Å²) >= 11 is 12.0. The highest BCUT2D eigenvalue weighted by molar-refractivity contribution is 7.89. The number of likely N-dealkylation sites (N-methyl/N-ethyl adjacent to an activating group) is 1. The molecule has 0 aliphatic rings. The molecule has 0 aliphatic carbocycles. The molecule has 1 N–H and O–H groups in total. The number of non-ortho nitro benzene ring substituents is 1. The Labute approximate surface area is 172 Å². The Morgan fingerprint density at radius 1 is 1.21 bits per heavy atom. The molecule has 150 valence electrons. The molecular formula is C17H17Cl2N3O5S. The predicted octanol–water partition coefficient (Wildman–Crippen LogP) is 3.78. The van der Waals surface area contributed by atoms with E-state index in [1.165, 1.54) is 25.2 Å². The lowest BCUT2D eigenvalue weighted by molar-refractivity contribution is -0.385. The van der Waals surface area contributed by atoms with E-state index < -0.39 is 27.4 Å². The SMILES string of the molecule is Cc1cc([N+](=O)[O-])cc(S(=O)(=O)N(C)CC(=O)Nc2c(Cl)cccc2Cl)c1C. The first-order chi connectivity index (χ1) is 12.9. The van der Waals surface area contributed by atoms with Crippen molar-refractivity contribution in [3.8, 4) is 0 Å². The van der Waals surface area contributed by atoms with Gasteiger partial charge in [0, 0.05) is 19.2 Å². The first kappa shape index (κ1) is 22.1. The highest BCUT2D eigenvalue weighted by atomic mass is 35.5. The van der Waals surface area contributed by atoms with Gasteiger partial charge in [0.25, 0.3) is 5.69 Å². The van der Waals surface area contributed by atoms with E-state index in [0.29, 0.717) is 11.1 Å². The van der Waals surface area contributed by atoms with Crippen LogP contribution in [-0.4, -0.2) is 37.1 Å². The van der Waals surface area contributed by atoms with E-state index in [4.69, 9.17) is 23.2 Å². The smallest absolute Gasteiger partial charge is 0.271 e. The molecule has 2 aromatic carbocycles. The Balaban J connectivity index is 2.29. The molecule has 0 radical (unpaired) electrons. The van der Waals surface area contributed by atoms with Crippen molar-refractivity contribution < 1.29 is 18.1 Å². The fourth-order valence-corrected chi connectivity index (χ4v) is 4.37. The number of sulfonamides is 1. The summed E-state index contributed by atoms with van der Waals surface area (Å²) in [6.45, 7) is 2.59. The molecule has 0 saturated carbocycles. The molecule has 0 fully saturated rings. The first-order valence-corrected chi connectivity index (χ1v) is 10.1. The molecular weight excluding hydrogens is 429 g/mol. The summed E-state index contributed by atoms with van der Waals surface area (Å²) in [6.07, 6.45) is 0. The van der Waals surface area contributed by atoms with Crippen molar-refractivity contribution in [1.29, 1.82) is 0 Å². The van der Waals surface area contributed by atoms with Crippen molar-refractivity contribution in [2.24, 2.45) is 0 Å². The molecule has 28 heavy (non-hydrogen) atoms. The van der Waals surface area contributed by atoms with Gasteiger partial charge < -0.3 is 5.32 Å². The Hall–Kier alpha value is -2.20. The second kappa shape index (κ2) is 8.44. The molecule has 0 saturated heterocycles. The minimum atomic E-state index is -4.15.